The molecule has 0 spiro atoms. The third-order valence-electron chi connectivity index (χ3n) is 3.40. The lowest BCUT2D eigenvalue weighted by Crippen LogP contribution is -2.24. The van der Waals surface area contributed by atoms with Crippen LogP contribution in [0.5, 0.6) is 0 Å². The Hall–Kier alpha value is -2.46. The fraction of sp³-hybridized carbons (Fsp3) is 0.188. The molecule has 0 aliphatic rings. The zero-order chi connectivity index (χ0) is 19.7. The van der Waals surface area contributed by atoms with Gasteiger partial charge in [0.15, 0.2) is 0 Å². The number of nitrogens with one attached hydrogen (secondary N) is 1. The number of benzene rings is 2. The monoisotopic (exact) mass is 390 g/mol. The number of amides is 1. The van der Waals surface area contributed by atoms with E-state index in [-0.39, 0.29) is 11.3 Å². The molecule has 2 aromatic carbocycles. The van der Waals surface area contributed by atoms with Gasteiger partial charge in [-0.05, 0) is 36.4 Å². The van der Waals surface area contributed by atoms with Crippen molar-refractivity contribution >= 4 is 21.6 Å². The van der Waals surface area contributed by atoms with Crippen molar-refractivity contribution in [3.63, 3.8) is 0 Å². The minimum atomic E-state index is -4.58. The summed E-state index contributed by atoms with van der Waals surface area (Å²) < 4.78 is 76.9. The molecule has 1 N–H and O–H groups in total. The first kappa shape index (κ1) is 19.9. The van der Waals surface area contributed by atoms with Crippen LogP contribution in [-0.2, 0) is 16.2 Å². The third-order valence-corrected chi connectivity index (χ3v) is 5.23. The summed E-state index contributed by atoms with van der Waals surface area (Å²) in [6.45, 7) is 0. The number of alkyl halides is 3. The zero-order valence-corrected chi connectivity index (χ0v) is 14.5. The Morgan fingerprint density at radius 1 is 1.08 bits per heavy atom. The van der Waals surface area contributed by atoms with Crippen molar-refractivity contribution in [2.24, 2.45) is 0 Å². The van der Waals surface area contributed by atoms with Crippen LogP contribution in [0, 0.1) is 5.82 Å². The molecular formula is C16H14F4N2O3S. The zero-order valence-electron chi connectivity index (χ0n) is 13.6. The van der Waals surface area contributed by atoms with Crippen molar-refractivity contribution < 1.29 is 30.8 Å². The van der Waals surface area contributed by atoms with Crippen molar-refractivity contribution in [3.8, 4) is 0 Å². The molecule has 0 saturated heterocycles. The van der Waals surface area contributed by atoms with Gasteiger partial charge in [0.2, 0.25) is 10.0 Å². The second-order valence-corrected chi connectivity index (χ2v) is 7.59. The molecule has 1 amide bonds. The summed E-state index contributed by atoms with van der Waals surface area (Å²) >= 11 is 0. The average Bonchev–Trinajstić information content (AvgIpc) is 2.54. The predicted molar refractivity (Wildman–Crippen MR) is 86.7 cm³/mol. The minimum absolute atomic E-state index is 0.133. The molecule has 0 aliphatic carbocycles. The highest BCUT2D eigenvalue weighted by molar-refractivity contribution is 7.89. The van der Waals surface area contributed by atoms with Crippen LogP contribution < -0.4 is 5.32 Å². The van der Waals surface area contributed by atoms with Crippen molar-refractivity contribution in [2.75, 3.05) is 19.4 Å². The fourth-order valence-electron chi connectivity index (χ4n) is 2.02. The summed E-state index contributed by atoms with van der Waals surface area (Å²) in [6.07, 6.45) is -4.58. The second kappa shape index (κ2) is 7.04. The molecule has 10 heteroatoms. The molecule has 0 radical (unpaired) electrons. The van der Waals surface area contributed by atoms with Crippen LogP contribution in [0.3, 0.4) is 0 Å². The van der Waals surface area contributed by atoms with E-state index in [4.69, 9.17) is 0 Å². The lowest BCUT2D eigenvalue weighted by Gasteiger charge is -2.13. The number of carbonyl (C=O) groups is 1. The Morgan fingerprint density at radius 3 is 2.31 bits per heavy atom. The maximum absolute atomic E-state index is 13.8. The standard InChI is InChI=1S/C16H14F4N2O3S/c1-22(2)26(24,25)14-8-10(6-7-13(14)17)15(23)21-12-5-3-4-11(9-12)16(18,19)20/h3-9H,1-2H3,(H,21,23). The summed E-state index contributed by atoms with van der Waals surface area (Å²) in [5, 5.41) is 2.23. The Balaban J connectivity index is 2.35. The second-order valence-electron chi connectivity index (χ2n) is 5.47. The highest BCUT2D eigenvalue weighted by Gasteiger charge is 2.30. The van der Waals surface area contributed by atoms with Crippen LogP contribution in [0.4, 0.5) is 23.2 Å². The van der Waals surface area contributed by atoms with Gasteiger partial charge in [-0.25, -0.2) is 17.1 Å². The lowest BCUT2D eigenvalue weighted by atomic mass is 10.1. The maximum atomic E-state index is 13.8. The molecule has 5 nitrogen and oxygen atoms in total. The van der Waals surface area contributed by atoms with Gasteiger partial charge in [-0.15, -0.1) is 0 Å². The van der Waals surface area contributed by atoms with E-state index in [0.29, 0.717) is 0 Å². The SMILES string of the molecule is CN(C)S(=O)(=O)c1cc(C(=O)Nc2cccc(C(F)(F)F)c2)ccc1F. The number of halogens is 4. The summed E-state index contributed by atoms with van der Waals surface area (Å²) in [5.74, 6) is -1.92. The van der Waals surface area contributed by atoms with Crippen LogP contribution >= 0.6 is 0 Å². The van der Waals surface area contributed by atoms with Crippen molar-refractivity contribution in [2.45, 2.75) is 11.1 Å². The largest absolute Gasteiger partial charge is 0.416 e. The molecular weight excluding hydrogens is 376 g/mol. The number of hydrogen-bond donors (Lipinski definition) is 1. The van der Waals surface area contributed by atoms with Gasteiger partial charge >= 0.3 is 6.18 Å². The first-order valence-electron chi connectivity index (χ1n) is 7.13. The molecule has 0 bridgehead atoms. The quantitative estimate of drug-likeness (QED) is 0.815. The Kier molecular flexibility index (Phi) is 5.38. The normalized spacial score (nSPS) is 12.3. The van der Waals surface area contributed by atoms with Gasteiger partial charge in [0.1, 0.15) is 10.7 Å². The molecule has 0 saturated carbocycles. The number of carbonyl (C=O) groups excluding carboxylic acids is 1. The molecule has 0 atom stereocenters. The average molecular weight is 390 g/mol. The van der Waals surface area contributed by atoms with Gasteiger partial charge in [0, 0.05) is 25.3 Å². The van der Waals surface area contributed by atoms with E-state index in [0.717, 1.165) is 40.7 Å². The van der Waals surface area contributed by atoms with Gasteiger partial charge < -0.3 is 5.32 Å². The van der Waals surface area contributed by atoms with Gasteiger partial charge in [-0.2, -0.15) is 13.2 Å². The van der Waals surface area contributed by atoms with Crippen LogP contribution in [0.2, 0.25) is 0 Å². The summed E-state index contributed by atoms with van der Waals surface area (Å²) in [7, 11) is -1.74. The topological polar surface area (TPSA) is 66.5 Å². The van der Waals surface area contributed by atoms with E-state index in [9.17, 15) is 30.8 Å². The van der Waals surface area contributed by atoms with Crippen LogP contribution in [-0.4, -0.2) is 32.7 Å². The van der Waals surface area contributed by atoms with E-state index in [1.165, 1.54) is 20.2 Å². The first-order chi connectivity index (χ1) is 11.9. The summed E-state index contributed by atoms with van der Waals surface area (Å²) in [4.78, 5) is 11.5. The van der Waals surface area contributed by atoms with E-state index in [1.807, 2.05) is 0 Å². The number of hydrogen-bond acceptors (Lipinski definition) is 3. The molecule has 0 aromatic heterocycles. The highest BCUT2D eigenvalue weighted by atomic mass is 32.2. The lowest BCUT2D eigenvalue weighted by molar-refractivity contribution is -0.137. The van der Waals surface area contributed by atoms with Gasteiger partial charge in [-0.1, -0.05) is 6.07 Å². The van der Waals surface area contributed by atoms with Crippen molar-refractivity contribution in [1.29, 1.82) is 0 Å². The molecule has 26 heavy (non-hydrogen) atoms. The fourth-order valence-corrected chi connectivity index (χ4v) is 3.00. The van der Waals surface area contributed by atoms with Crippen molar-refractivity contribution in [3.05, 3.63) is 59.4 Å². The van der Waals surface area contributed by atoms with Crippen LogP contribution in [0.15, 0.2) is 47.4 Å². The first-order valence-corrected chi connectivity index (χ1v) is 8.57. The Labute approximate surface area is 147 Å². The number of rotatable bonds is 4. The molecule has 0 heterocycles. The van der Waals surface area contributed by atoms with E-state index in [2.05, 4.69) is 5.32 Å². The van der Waals surface area contributed by atoms with Gasteiger partial charge in [-0.3, -0.25) is 4.79 Å². The highest BCUT2D eigenvalue weighted by Crippen LogP contribution is 2.30. The summed E-state index contributed by atoms with van der Waals surface area (Å²) in [6, 6.07) is 6.60. The summed E-state index contributed by atoms with van der Waals surface area (Å²) in [5.41, 5.74) is -1.30. The maximum Gasteiger partial charge on any atom is 0.416 e. The minimum Gasteiger partial charge on any atom is -0.322 e. The van der Waals surface area contributed by atoms with Crippen molar-refractivity contribution in [1.82, 2.24) is 4.31 Å². The van der Waals surface area contributed by atoms with Gasteiger partial charge in [0.25, 0.3) is 5.91 Å². The Morgan fingerprint density at radius 2 is 1.73 bits per heavy atom. The van der Waals surface area contributed by atoms with E-state index >= 15 is 0 Å². The molecule has 140 valence electrons. The molecule has 2 rings (SSSR count). The predicted octanol–water partition coefficient (Wildman–Crippen LogP) is 3.35. The molecule has 2 aromatic rings. The van der Waals surface area contributed by atoms with E-state index in [1.54, 1.807) is 0 Å². The van der Waals surface area contributed by atoms with Gasteiger partial charge in [0.05, 0.1) is 5.56 Å². The number of sulfonamides is 1. The third kappa shape index (κ3) is 4.20. The molecule has 0 unspecified atom stereocenters. The molecule has 0 fully saturated rings. The molecule has 0 aliphatic heterocycles. The Bertz CT molecular complexity index is 941. The van der Waals surface area contributed by atoms with Crippen LogP contribution in [0.1, 0.15) is 15.9 Å². The van der Waals surface area contributed by atoms with E-state index < -0.39 is 38.4 Å². The number of anilines is 1. The van der Waals surface area contributed by atoms with Crippen LogP contribution in [0.25, 0.3) is 0 Å². The smallest absolute Gasteiger partial charge is 0.322 e. The number of nitrogens with zero attached hydrogens (tertiary/aromatic N) is 1.